The van der Waals surface area contributed by atoms with E-state index in [1.807, 2.05) is 18.2 Å². The van der Waals surface area contributed by atoms with Crippen molar-refractivity contribution in [1.29, 1.82) is 0 Å². The van der Waals surface area contributed by atoms with Crippen LogP contribution in [0.15, 0.2) is 18.2 Å². The standard InChI is InChI=1S/C18H28N6O3/c1-11-9-16(20-7-6-19-12(2)25)23-17(21-11)24-18(26)22-14-3-4-15-13(10-14)5-8-27-15/h3-4,10-11,16-17,20-21,23H,5-9H2,1-2H3,(H,19,25)(H2,22,24,26). The van der Waals surface area contributed by atoms with Gasteiger partial charge in [0.25, 0.3) is 0 Å². The van der Waals surface area contributed by atoms with Crippen LogP contribution in [-0.4, -0.2) is 50.1 Å². The minimum atomic E-state index is -0.357. The number of carbonyl (C=O) groups is 2. The fraction of sp³-hybridized carbons (Fsp3) is 0.556. The van der Waals surface area contributed by atoms with Crippen LogP contribution in [0.4, 0.5) is 10.5 Å². The van der Waals surface area contributed by atoms with Gasteiger partial charge < -0.3 is 26.0 Å². The third kappa shape index (κ3) is 5.81. The van der Waals surface area contributed by atoms with Gasteiger partial charge in [0, 0.05) is 38.2 Å². The number of hydrogen-bond donors (Lipinski definition) is 6. The van der Waals surface area contributed by atoms with Crippen LogP contribution >= 0.6 is 0 Å². The largest absolute Gasteiger partial charge is 0.493 e. The van der Waals surface area contributed by atoms with Crippen molar-refractivity contribution in [3.8, 4) is 5.75 Å². The molecule has 0 spiro atoms. The van der Waals surface area contributed by atoms with E-state index in [1.54, 1.807) is 0 Å². The molecule has 0 aromatic heterocycles. The van der Waals surface area contributed by atoms with Crippen LogP contribution in [-0.2, 0) is 11.2 Å². The van der Waals surface area contributed by atoms with E-state index in [1.165, 1.54) is 6.92 Å². The number of urea groups is 1. The first-order valence-electron chi connectivity index (χ1n) is 9.33. The van der Waals surface area contributed by atoms with Crippen LogP contribution in [0.5, 0.6) is 5.75 Å². The Morgan fingerprint density at radius 1 is 1.26 bits per heavy atom. The summed E-state index contributed by atoms with van der Waals surface area (Å²) in [5.74, 6) is 0.844. The van der Waals surface area contributed by atoms with E-state index >= 15 is 0 Å². The van der Waals surface area contributed by atoms with Gasteiger partial charge in [-0.1, -0.05) is 0 Å². The summed E-state index contributed by atoms with van der Waals surface area (Å²) in [5.41, 5.74) is 1.85. The van der Waals surface area contributed by atoms with Gasteiger partial charge in [0.05, 0.1) is 12.8 Å². The topological polar surface area (TPSA) is 116 Å². The van der Waals surface area contributed by atoms with Gasteiger partial charge in [-0.2, -0.15) is 0 Å². The highest BCUT2D eigenvalue weighted by Gasteiger charge is 2.25. The number of nitrogens with one attached hydrogen (secondary N) is 6. The maximum atomic E-state index is 12.3. The van der Waals surface area contributed by atoms with Crippen molar-refractivity contribution in [1.82, 2.24) is 26.6 Å². The number of amides is 3. The molecule has 3 unspecified atom stereocenters. The first kappa shape index (κ1) is 19.4. The Kier molecular flexibility index (Phi) is 6.49. The molecule has 1 aromatic rings. The third-order valence-electron chi connectivity index (χ3n) is 4.52. The molecule has 3 rings (SSSR count). The summed E-state index contributed by atoms with van der Waals surface area (Å²) in [4.78, 5) is 23.2. The molecule has 148 valence electrons. The van der Waals surface area contributed by atoms with Crippen LogP contribution in [0.25, 0.3) is 0 Å². The normalized spacial score (nSPS) is 23.9. The fourth-order valence-electron chi connectivity index (χ4n) is 3.30. The molecular weight excluding hydrogens is 348 g/mol. The molecule has 0 radical (unpaired) electrons. The lowest BCUT2D eigenvalue weighted by Crippen LogP contribution is -2.68. The van der Waals surface area contributed by atoms with Gasteiger partial charge in [0.1, 0.15) is 12.0 Å². The van der Waals surface area contributed by atoms with E-state index in [0.29, 0.717) is 19.7 Å². The predicted octanol–water partition coefficient (Wildman–Crippen LogP) is 0.0498. The van der Waals surface area contributed by atoms with E-state index in [9.17, 15) is 9.59 Å². The number of hydrogen-bond acceptors (Lipinski definition) is 6. The van der Waals surface area contributed by atoms with Crippen molar-refractivity contribution in [2.24, 2.45) is 0 Å². The van der Waals surface area contributed by atoms with Gasteiger partial charge in [-0.25, -0.2) is 4.79 Å². The Morgan fingerprint density at radius 2 is 2.11 bits per heavy atom. The third-order valence-corrected chi connectivity index (χ3v) is 4.52. The second-order valence-electron chi connectivity index (χ2n) is 6.91. The van der Waals surface area contributed by atoms with E-state index in [0.717, 1.165) is 29.8 Å². The maximum Gasteiger partial charge on any atom is 0.321 e. The van der Waals surface area contributed by atoms with Gasteiger partial charge in [-0.3, -0.25) is 15.4 Å². The summed E-state index contributed by atoms with van der Waals surface area (Å²) < 4.78 is 5.48. The Bertz CT molecular complexity index is 683. The number of benzene rings is 1. The van der Waals surface area contributed by atoms with Crippen molar-refractivity contribution in [2.75, 3.05) is 25.0 Å². The molecule has 27 heavy (non-hydrogen) atoms. The first-order chi connectivity index (χ1) is 13.0. The summed E-state index contributed by atoms with van der Waals surface area (Å²) in [6.45, 7) is 5.47. The van der Waals surface area contributed by atoms with Gasteiger partial charge in [-0.05, 0) is 37.1 Å². The second kappa shape index (κ2) is 9.03. The summed E-state index contributed by atoms with van der Waals surface area (Å²) in [7, 11) is 0. The Morgan fingerprint density at radius 3 is 2.93 bits per heavy atom. The van der Waals surface area contributed by atoms with E-state index in [4.69, 9.17) is 4.74 Å². The van der Waals surface area contributed by atoms with Crippen LogP contribution in [0.2, 0.25) is 0 Å². The summed E-state index contributed by atoms with van der Waals surface area (Å²) in [6, 6.07) is 5.60. The lowest BCUT2D eigenvalue weighted by molar-refractivity contribution is -0.118. The van der Waals surface area contributed by atoms with Crippen LogP contribution in [0, 0.1) is 0 Å². The molecule has 6 N–H and O–H groups in total. The monoisotopic (exact) mass is 376 g/mol. The number of fused-ring (bicyclic) bond motifs is 1. The Hall–Kier alpha value is -2.36. The van der Waals surface area contributed by atoms with Gasteiger partial charge in [0.15, 0.2) is 0 Å². The second-order valence-corrected chi connectivity index (χ2v) is 6.91. The van der Waals surface area contributed by atoms with Crippen molar-refractivity contribution in [3.05, 3.63) is 23.8 Å². The zero-order chi connectivity index (χ0) is 19.2. The molecule has 1 aromatic carbocycles. The minimum absolute atomic E-state index is 0.0393. The smallest absolute Gasteiger partial charge is 0.321 e. The van der Waals surface area contributed by atoms with Crippen LogP contribution in [0.1, 0.15) is 25.8 Å². The predicted molar refractivity (Wildman–Crippen MR) is 102 cm³/mol. The quantitative estimate of drug-likeness (QED) is 0.391. The van der Waals surface area contributed by atoms with Crippen molar-refractivity contribution in [2.45, 2.75) is 45.2 Å². The van der Waals surface area contributed by atoms with Crippen molar-refractivity contribution in [3.63, 3.8) is 0 Å². The van der Waals surface area contributed by atoms with Crippen LogP contribution in [0.3, 0.4) is 0 Å². The Balaban J connectivity index is 1.45. The van der Waals surface area contributed by atoms with Crippen LogP contribution < -0.4 is 36.6 Å². The van der Waals surface area contributed by atoms with Crippen molar-refractivity contribution >= 4 is 17.6 Å². The highest BCUT2D eigenvalue weighted by Crippen LogP contribution is 2.27. The lowest BCUT2D eigenvalue weighted by Gasteiger charge is -2.36. The molecule has 0 bridgehead atoms. The fourth-order valence-corrected chi connectivity index (χ4v) is 3.30. The summed E-state index contributed by atoms with van der Waals surface area (Å²) in [5, 5.41) is 18.4. The molecule has 2 aliphatic rings. The molecule has 3 atom stereocenters. The maximum absolute atomic E-state index is 12.3. The summed E-state index contributed by atoms with van der Waals surface area (Å²) >= 11 is 0. The van der Waals surface area contributed by atoms with E-state index in [-0.39, 0.29) is 30.4 Å². The van der Waals surface area contributed by atoms with Crippen molar-refractivity contribution < 1.29 is 14.3 Å². The van der Waals surface area contributed by atoms with E-state index in [2.05, 4.69) is 38.8 Å². The molecule has 1 fully saturated rings. The highest BCUT2D eigenvalue weighted by molar-refractivity contribution is 5.89. The number of rotatable bonds is 6. The Labute approximate surface area is 159 Å². The zero-order valence-electron chi connectivity index (χ0n) is 15.7. The molecule has 0 aliphatic carbocycles. The van der Waals surface area contributed by atoms with Gasteiger partial charge in [-0.15, -0.1) is 0 Å². The minimum Gasteiger partial charge on any atom is -0.493 e. The molecule has 3 amide bonds. The molecule has 9 heteroatoms. The molecule has 2 aliphatic heterocycles. The average molecular weight is 376 g/mol. The first-order valence-corrected chi connectivity index (χ1v) is 9.33. The van der Waals surface area contributed by atoms with Gasteiger partial charge >= 0.3 is 6.03 Å². The molecule has 1 saturated heterocycles. The SMILES string of the molecule is CC(=O)NCCNC1CC(C)NC(NC(=O)Nc2ccc3c(c2)CCO3)N1. The number of anilines is 1. The molecular formula is C18H28N6O3. The zero-order valence-corrected chi connectivity index (χ0v) is 15.7. The average Bonchev–Trinajstić information content (AvgIpc) is 3.05. The molecule has 2 heterocycles. The number of carbonyl (C=O) groups excluding carboxylic acids is 2. The molecule has 9 nitrogen and oxygen atoms in total. The summed E-state index contributed by atoms with van der Waals surface area (Å²) in [6.07, 6.45) is 1.41. The van der Waals surface area contributed by atoms with E-state index < -0.39 is 0 Å². The number of ether oxygens (including phenoxy) is 1. The lowest BCUT2D eigenvalue weighted by atomic mass is 10.1. The van der Waals surface area contributed by atoms with Gasteiger partial charge in [0.2, 0.25) is 5.91 Å². The highest BCUT2D eigenvalue weighted by atomic mass is 16.5. The molecule has 0 saturated carbocycles.